The van der Waals surface area contributed by atoms with Crippen molar-refractivity contribution in [1.29, 1.82) is 0 Å². The number of thioether (sulfide) groups is 1. The van der Waals surface area contributed by atoms with E-state index in [0.29, 0.717) is 17.0 Å². The molecule has 0 saturated heterocycles. The van der Waals surface area contributed by atoms with Crippen LogP contribution in [0.1, 0.15) is 12.0 Å². The molecule has 4 nitrogen and oxygen atoms in total. The fourth-order valence-corrected chi connectivity index (χ4v) is 1.96. The Morgan fingerprint density at radius 1 is 1.44 bits per heavy atom. The topological polar surface area (TPSA) is 66.4 Å². The second-order valence-corrected chi connectivity index (χ2v) is 4.81. The summed E-state index contributed by atoms with van der Waals surface area (Å²) in [5.74, 6) is -0.841. The van der Waals surface area contributed by atoms with Crippen LogP contribution in [0.4, 0.5) is 10.1 Å². The third kappa shape index (κ3) is 5.18. The standard InChI is InChI=1S/C12H14FNO3S/c1-8-6-9(2-3-10(8)13)14-11(15)7-18-5-4-12(16)17/h2-3,6H,4-5,7H2,1H3,(H,14,15)(H,16,17). The minimum absolute atomic E-state index is 0.0353. The van der Waals surface area contributed by atoms with Gasteiger partial charge in [-0.1, -0.05) is 0 Å². The molecular formula is C12H14FNO3S. The van der Waals surface area contributed by atoms with Crippen molar-refractivity contribution in [3.05, 3.63) is 29.6 Å². The highest BCUT2D eigenvalue weighted by molar-refractivity contribution is 7.99. The predicted molar refractivity (Wildman–Crippen MR) is 69.3 cm³/mol. The van der Waals surface area contributed by atoms with Gasteiger partial charge in [-0.2, -0.15) is 11.8 Å². The normalized spacial score (nSPS) is 10.1. The van der Waals surface area contributed by atoms with Crippen LogP contribution < -0.4 is 5.32 Å². The first-order valence-corrected chi connectivity index (χ1v) is 6.50. The van der Waals surface area contributed by atoms with E-state index in [1.807, 2.05) is 0 Å². The first-order valence-electron chi connectivity index (χ1n) is 5.34. The molecule has 0 aliphatic heterocycles. The van der Waals surface area contributed by atoms with Crippen molar-refractivity contribution >= 4 is 29.3 Å². The van der Waals surface area contributed by atoms with Gasteiger partial charge in [0.25, 0.3) is 0 Å². The summed E-state index contributed by atoms with van der Waals surface area (Å²) in [6.07, 6.45) is 0.0353. The van der Waals surface area contributed by atoms with Crippen molar-refractivity contribution in [2.24, 2.45) is 0 Å². The van der Waals surface area contributed by atoms with Gasteiger partial charge in [0.1, 0.15) is 5.82 Å². The van der Waals surface area contributed by atoms with E-state index < -0.39 is 5.97 Å². The fourth-order valence-electron chi connectivity index (χ4n) is 1.24. The lowest BCUT2D eigenvalue weighted by atomic mass is 10.2. The van der Waals surface area contributed by atoms with Crippen LogP contribution in [0.15, 0.2) is 18.2 Å². The maximum absolute atomic E-state index is 13.0. The van der Waals surface area contributed by atoms with Crippen molar-refractivity contribution in [2.45, 2.75) is 13.3 Å². The zero-order chi connectivity index (χ0) is 13.5. The molecule has 18 heavy (non-hydrogen) atoms. The smallest absolute Gasteiger partial charge is 0.304 e. The Hall–Kier alpha value is -1.56. The van der Waals surface area contributed by atoms with Gasteiger partial charge in [0.05, 0.1) is 12.2 Å². The maximum Gasteiger partial charge on any atom is 0.304 e. The number of carbonyl (C=O) groups is 2. The van der Waals surface area contributed by atoms with E-state index in [1.165, 1.54) is 23.9 Å². The number of anilines is 1. The van der Waals surface area contributed by atoms with E-state index in [9.17, 15) is 14.0 Å². The summed E-state index contributed by atoms with van der Waals surface area (Å²) in [5, 5.41) is 11.0. The third-order valence-electron chi connectivity index (χ3n) is 2.14. The van der Waals surface area contributed by atoms with Crippen LogP contribution in [0.3, 0.4) is 0 Å². The molecule has 0 atom stereocenters. The average molecular weight is 271 g/mol. The van der Waals surface area contributed by atoms with Crippen molar-refractivity contribution in [2.75, 3.05) is 16.8 Å². The highest BCUT2D eigenvalue weighted by atomic mass is 32.2. The molecule has 0 aliphatic carbocycles. The maximum atomic E-state index is 13.0. The minimum Gasteiger partial charge on any atom is -0.481 e. The molecule has 98 valence electrons. The molecule has 0 unspecified atom stereocenters. The van der Waals surface area contributed by atoms with Crippen LogP contribution in [0.25, 0.3) is 0 Å². The van der Waals surface area contributed by atoms with Gasteiger partial charge in [-0.25, -0.2) is 4.39 Å². The summed E-state index contributed by atoms with van der Waals surface area (Å²) >= 11 is 1.25. The van der Waals surface area contributed by atoms with Crippen molar-refractivity contribution in [3.8, 4) is 0 Å². The number of aryl methyl sites for hydroxylation is 1. The Labute approximate surface area is 109 Å². The fraction of sp³-hybridized carbons (Fsp3) is 0.333. The van der Waals surface area contributed by atoms with Gasteiger partial charge in [0, 0.05) is 11.4 Å². The van der Waals surface area contributed by atoms with Gasteiger partial charge >= 0.3 is 5.97 Å². The SMILES string of the molecule is Cc1cc(NC(=O)CSCCC(=O)O)ccc1F. The summed E-state index contributed by atoms with van der Waals surface area (Å²) in [6.45, 7) is 1.62. The molecule has 0 fully saturated rings. The van der Waals surface area contributed by atoms with Gasteiger partial charge < -0.3 is 10.4 Å². The third-order valence-corrected chi connectivity index (χ3v) is 3.09. The number of nitrogens with one attached hydrogen (secondary N) is 1. The molecule has 1 aromatic carbocycles. The lowest BCUT2D eigenvalue weighted by molar-refractivity contribution is -0.136. The highest BCUT2D eigenvalue weighted by Crippen LogP contribution is 2.14. The summed E-state index contributed by atoms with van der Waals surface area (Å²) < 4.78 is 13.0. The lowest BCUT2D eigenvalue weighted by Crippen LogP contribution is -2.14. The number of carboxylic acid groups (broad SMARTS) is 1. The molecule has 0 aliphatic rings. The Balaban J connectivity index is 2.35. The number of hydrogen-bond donors (Lipinski definition) is 2. The molecule has 1 amide bonds. The van der Waals surface area contributed by atoms with Crippen LogP contribution in [0, 0.1) is 12.7 Å². The number of aliphatic carboxylic acids is 1. The van der Waals surface area contributed by atoms with Gasteiger partial charge in [-0.15, -0.1) is 0 Å². The van der Waals surface area contributed by atoms with E-state index in [2.05, 4.69) is 5.32 Å². The van der Waals surface area contributed by atoms with Gasteiger partial charge in [-0.05, 0) is 30.7 Å². The Bertz CT molecular complexity index is 451. The monoisotopic (exact) mass is 271 g/mol. The Kier molecular flexibility index (Phi) is 5.64. The van der Waals surface area contributed by atoms with Crippen molar-refractivity contribution in [3.63, 3.8) is 0 Å². The highest BCUT2D eigenvalue weighted by Gasteiger charge is 2.05. The average Bonchev–Trinajstić information content (AvgIpc) is 2.29. The molecule has 0 spiro atoms. The zero-order valence-corrected chi connectivity index (χ0v) is 10.7. The summed E-state index contributed by atoms with van der Waals surface area (Å²) in [5.41, 5.74) is 1.00. The van der Waals surface area contributed by atoms with E-state index >= 15 is 0 Å². The molecule has 1 aromatic rings. The van der Waals surface area contributed by atoms with Crippen LogP contribution >= 0.6 is 11.8 Å². The van der Waals surface area contributed by atoms with E-state index in [0.717, 1.165) is 0 Å². The largest absolute Gasteiger partial charge is 0.481 e. The molecule has 2 N–H and O–H groups in total. The summed E-state index contributed by atoms with van der Waals surface area (Å²) in [4.78, 5) is 21.7. The molecule has 0 saturated carbocycles. The molecule has 0 heterocycles. The Morgan fingerprint density at radius 2 is 2.17 bits per heavy atom. The van der Waals surface area contributed by atoms with E-state index in [1.54, 1.807) is 13.0 Å². The molecule has 0 aromatic heterocycles. The quantitative estimate of drug-likeness (QED) is 0.779. The zero-order valence-electron chi connectivity index (χ0n) is 9.90. The Morgan fingerprint density at radius 3 is 2.78 bits per heavy atom. The van der Waals surface area contributed by atoms with Gasteiger partial charge in [0.15, 0.2) is 0 Å². The van der Waals surface area contributed by atoms with Crippen LogP contribution in [-0.2, 0) is 9.59 Å². The second-order valence-electron chi connectivity index (χ2n) is 3.71. The first-order chi connectivity index (χ1) is 8.49. The number of carbonyl (C=O) groups excluding carboxylic acids is 1. The molecule has 6 heteroatoms. The summed E-state index contributed by atoms with van der Waals surface area (Å²) in [7, 11) is 0. The number of carboxylic acids is 1. The first kappa shape index (κ1) is 14.5. The number of benzene rings is 1. The van der Waals surface area contributed by atoms with Gasteiger partial charge in [0.2, 0.25) is 5.91 Å². The minimum atomic E-state index is -0.878. The molecule has 1 rings (SSSR count). The molecular weight excluding hydrogens is 257 g/mol. The van der Waals surface area contributed by atoms with Crippen molar-refractivity contribution in [1.82, 2.24) is 0 Å². The van der Waals surface area contributed by atoms with E-state index in [4.69, 9.17) is 5.11 Å². The van der Waals surface area contributed by atoms with Crippen LogP contribution in [0.5, 0.6) is 0 Å². The molecule has 0 radical (unpaired) electrons. The number of rotatable bonds is 6. The summed E-state index contributed by atoms with van der Waals surface area (Å²) in [6, 6.07) is 4.33. The number of amides is 1. The lowest BCUT2D eigenvalue weighted by Gasteiger charge is -2.06. The molecule has 0 bridgehead atoms. The number of halogens is 1. The van der Waals surface area contributed by atoms with Crippen molar-refractivity contribution < 1.29 is 19.1 Å². The van der Waals surface area contributed by atoms with Gasteiger partial charge in [-0.3, -0.25) is 9.59 Å². The predicted octanol–water partition coefficient (Wildman–Crippen LogP) is 2.28. The van der Waals surface area contributed by atoms with Crippen LogP contribution in [-0.4, -0.2) is 28.5 Å². The number of hydrogen-bond acceptors (Lipinski definition) is 3. The van der Waals surface area contributed by atoms with Crippen LogP contribution in [0.2, 0.25) is 0 Å². The van der Waals surface area contributed by atoms with E-state index in [-0.39, 0.29) is 23.9 Å². The second kappa shape index (κ2) is 7.00.